The van der Waals surface area contributed by atoms with Gasteiger partial charge in [-0.2, -0.15) is 0 Å². The summed E-state index contributed by atoms with van der Waals surface area (Å²) < 4.78 is 32.4. The first-order valence-corrected chi connectivity index (χ1v) is 9.47. The Bertz CT molecular complexity index is 244. The lowest BCUT2D eigenvalue weighted by Crippen LogP contribution is -2.27. The van der Waals surface area contributed by atoms with E-state index in [9.17, 15) is 0 Å². The van der Waals surface area contributed by atoms with E-state index < -0.39 is 0 Å². The Labute approximate surface area is 153 Å². The standard InChI is InChI=1S/C18H39NO6/c1-4-6-20-8-10-22-12-14-24-16-17-25-15-13-23-11-9-21-7-5-19-18(2)3/h18-19H,4-17H2,1-3H3. The van der Waals surface area contributed by atoms with Crippen LogP contribution in [-0.2, 0) is 28.4 Å². The van der Waals surface area contributed by atoms with Crippen molar-refractivity contribution in [2.45, 2.75) is 33.2 Å². The van der Waals surface area contributed by atoms with Gasteiger partial charge in [0.15, 0.2) is 0 Å². The Hall–Kier alpha value is -0.280. The smallest absolute Gasteiger partial charge is 0.0701 e. The molecule has 0 aliphatic rings. The van der Waals surface area contributed by atoms with E-state index in [-0.39, 0.29) is 0 Å². The molecule has 0 fully saturated rings. The third kappa shape index (κ3) is 23.7. The van der Waals surface area contributed by atoms with Crippen LogP contribution in [0.1, 0.15) is 27.2 Å². The van der Waals surface area contributed by atoms with Gasteiger partial charge in [-0.15, -0.1) is 0 Å². The second-order valence-corrected chi connectivity index (χ2v) is 5.78. The van der Waals surface area contributed by atoms with Crippen LogP contribution in [0.4, 0.5) is 0 Å². The summed E-state index contributed by atoms with van der Waals surface area (Å²) in [5.74, 6) is 0. The van der Waals surface area contributed by atoms with E-state index in [1.807, 2.05) is 0 Å². The quantitative estimate of drug-likeness (QED) is 0.309. The maximum absolute atomic E-state index is 5.44. The van der Waals surface area contributed by atoms with E-state index in [2.05, 4.69) is 26.1 Å². The highest BCUT2D eigenvalue weighted by Crippen LogP contribution is 1.85. The molecule has 0 atom stereocenters. The molecule has 25 heavy (non-hydrogen) atoms. The molecular formula is C18H39NO6. The predicted molar refractivity (Wildman–Crippen MR) is 98.3 cm³/mol. The van der Waals surface area contributed by atoms with Crippen molar-refractivity contribution in [1.82, 2.24) is 5.32 Å². The first-order valence-electron chi connectivity index (χ1n) is 9.47. The molecule has 0 heterocycles. The second-order valence-electron chi connectivity index (χ2n) is 5.78. The summed E-state index contributed by atoms with van der Waals surface area (Å²) in [6, 6.07) is 0.499. The Morgan fingerprint density at radius 2 is 0.840 bits per heavy atom. The van der Waals surface area contributed by atoms with Crippen LogP contribution in [0.2, 0.25) is 0 Å². The van der Waals surface area contributed by atoms with Crippen molar-refractivity contribution >= 4 is 0 Å². The number of hydrogen-bond donors (Lipinski definition) is 1. The van der Waals surface area contributed by atoms with Gasteiger partial charge in [0, 0.05) is 19.2 Å². The zero-order valence-corrected chi connectivity index (χ0v) is 16.4. The normalized spacial score (nSPS) is 11.5. The highest BCUT2D eigenvalue weighted by molar-refractivity contribution is 4.50. The molecule has 7 nitrogen and oxygen atoms in total. The molecule has 0 bridgehead atoms. The fraction of sp³-hybridized carbons (Fsp3) is 1.00. The van der Waals surface area contributed by atoms with Gasteiger partial charge in [-0.1, -0.05) is 20.8 Å². The van der Waals surface area contributed by atoms with Gasteiger partial charge in [-0.3, -0.25) is 0 Å². The molecule has 0 aromatic rings. The van der Waals surface area contributed by atoms with E-state index in [1.54, 1.807) is 0 Å². The minimum atomic E-state index is 0.499. The monoisotopic (exact) mass is 365 g/mol. The molecular weight excluding hydrogens is 326 g/mol. The fourth-order valence-corrected chi connectivity index (χ4v) is 1.77. The van der Waals surface area contributed by atoms with Crippen molar-refractivity contribution in [2.75, 3.05) is 85.8 Å². The zero-order chi connectivity index (χ0) is 18.4. The third-order valence-corrected chi connectivity index (χ3v) is 3.01. The van der Waals surface area contributed by atoms with Gasteiger partial charge in [0.1, 0.15) is 0 Å². The third-order valence-electron chi connectivity index (χ3n) is 3.01. The van der Waals surface area contributed by atoms with E-state index >= 15 is 0 Å². The minimum Gasteiger partial charge on any atom is -0.379 e. The molecule has 0 saturated carbocycles. The highest BCUT2D eigenvalue weighted by Gasteiger charge is 1.94. The number of nitrogens with one attached hydrogen (secondary N) is 1. The van der Waals surface area contributed by atoms with Crippen LogP contribution in [0, 0.1) is 0 Å². The van der Waals surface area contributed by atoms with E-state index in [0.29, 0.717) is 78.7 Å². The number of rotatable bonds is 21. The molecule has 0 saturated heterocycles. The molecule has 0 rings (SSSR count). The van der Waals surface area contributed by atoms with Gasteiger partial charge in [0.25, 0.3) is 0 Å². The van der Waals surface area contributed by atoms with Crippen LogP contribution in [0.15, 0.2) is 0 Å². The highest BCUT2D eigenvalue weighted by atomic mass is 16.6. The fourth-order valence-electron chi connectivity index (χ4n) is 1.77. The molecule has 0 aliphatic heterocycles. The SMILES string of the molecule is CCCOCCOCCOCCOCCOCCOCCNC(C)C. The van der Waals surface area contributed by atoms with Crippen LogP contribution < -0.4 is 5.32 Å². The van der Waals surface area contributed by atoms with E-state index in [4.69, 9.17) is 28.4 Å². The summed E-state index contributed by atoms with van der Waals surface area (Å²) in [6.07, 6.45) is 1.04. The average molecular weight is 366 g/mol. The van der Waals surface area contributed by atoms with Crippen LogP contribution in [0.5, 0.6) is 0 Å². The van der Waals surface area contributed by atoms with Gasteiger partial charge in [0.05, 0.1) is 72.7 Å². The molecule has 152 valence electrons. The lowest BCUT2D eigenvalue weighted by atomic mass is 10.4. The van der Waals surface area contributed by atoms with Crippen LogP contribution in [-0.4, -0.2) is 91.9 Å². The topological polar surface area (TPSA) is 67.4 Å². The molecule has 0 amide bonds. The van der Waals surface area contributed by atoms with Gasteiger partial charge in [-0.25, -0.2) is 0 Å². The van der Waals surface area contributed by atoms with Crippen molar-refractivity contribution in [3.05, 3.63) is 0 Å². The summed E-state index contributed by atoms with van der Waals surface area (Å²) in [5.41, 5.74) is 0. The van der Waals surface area contributed by atoms with Crippen molar-refractivity contribution in [1.29, 1.82) is 0 Å². The number of hydrogen-bond acceptors (Lipinski definition) is 7. The predicted octanol–water partition coefficient (Wildman–Crippen LogP) is 1.49. The van der Waals surface area contributed by atoms with Crippen molar-refractivity contribution < 1.29 is 28.4 Å². The lowest BCUT2D eigenvalue weighted by molar-refractivity contribution is -0.0165. The van der Waals surface area contributed by atoms with E-state index in [1.165, 1.54) is 0 Å². The number of ether oxygens (including phenoxy) is 6. The summed E-state index contributed by atoms with van der Waals surface area (Å²) in [5, 5.41) is 3.29. The van der Waals surface area contributed by atoms with Crippen molar-refractivity contribution in [2.24, 2.45) is 0 Å². The Morgan fingerprint density at radius 1 is 0.520 bits per heavy atom. The molecule has 1 N–H and O–H groups in total. The lowest BCUT2D eigenvalue weighted by Gasteiger charge is -2.09. The van der Waals surface area contributed by atoms with Gasteiger partial charge in [-0.05, 0) is 6.42 Å². The largest absolute Gasteiger partial charge is 0.379 e. The molecule has 0 aliphatic carbocycles. The van der Waals surface area contributed by atoms with Crippen molar-refractivity contribution in [3.8, 4) is 0 Å². The Balaban J connectivity index is 2.96. The summed E-state index contributed by atoms with van der Waals surface area (Å²) in [6.45, 7) is 14.7. The van der Waals surface area contributed by atoms with Crippen LogP contribution >= 0.6 is 0 Å². The summed E-state index contributed by atoms with van der Waals surface area (Å²) >= 11 is 0. The molecule has 0 unspecified atom stereocenters. The van der Waals surface area contributed by atoms with Crippen molar-refractivity contribution in [3.63, 3.8) is 0 Å². The van der Waals surface area contributed by atoms with Gasteiger partial charge < -0.3 is 33.7 Å². The van der Waals surface area contributed by atoms with Gasteiger partial charge in [0.2, 0.25) is 0 Å². The second kappa shape index (κ2) is 21.8. The molecule has 7 heteroatoms. The van der Waals surface area contributed by atoms with Gasteiger partial charge >= 0.3 is 0 Å². The first-order chi connectivity index (χ1) is 12.3. The Morgan fingerprint density at radius 3 is 1.16 bits per heavy atom. The zero-order valence-electron chi connectivity index (χ0n) is 16.4. The molecule has 0 spiro atoms. The molecule has 0 aromatic carbocycles. The molecule has 0 aromatic heterocycles. The van der Waals surface area contributed by atoms with Crippen LogP contribution in [0.25, 0.3) is 0 Å². The average Bonchev–Trinajstić information content (AvgIpc) is 2.60. The van der Waals surface area contributed by atoms with Crippen LogP contribution in [0.3, 0.4) is 0 Å². The molecule has 0 radical (unpaired) electrons. The Kier molecular flexibility index (Phi) is 21.5. The summed E-state index contributed by atoms with van der Waals surface area (Å²) in [4.78, 5) is 0. The minimum absolute atomic E-state index is 0.499. The summed E-state index contributed by atoms with van der Waals surface area (Å²) in [7, 11) is 0. The first kappa shape index (κ1) is 24.7. The van der Waals surface area contributed by atoms with E-state index in [0.717, 1.165) is 19.6 Å². The maximum atomic E-state index is 5.44. The maximum Gasteiger partial charge on any atom is 0.0701 e.